The second kappa shape index (κ2) is 10.8. The lowest BCUT2D eigenvalue weighted by Crippen LogP contribution is -2.24. The third kappa shape index (κ3) is 5.03. The van der Waals surface area contributed by atoms with Gasteiger partial charge in [0.15, 0.2) is 11.7 Å². The SMILES string of the molecule is COc1cccc([C@@H]2Oc3cccc(-c4cccc5c4[P@@](C(C)(C)C)[C@H](c4cccc(OC)n4)O5)c3[P@@]2C(C)(C)C)n1. The summed E-state index contributed by atoms with van der Waals surface area (Å²) in [6.45, 7) is 13.9. The first kappa shape index (κ1) is 28.9. The van der Waals surface area contributed by atoms with E-state index in [2.05, 4.69) is 90.1 Å². The lowest BCUT2D eigenvalue weighted by atomic mass is 10.0. The molecule has 6 rings (SSSR count). The molecule has 0 spiro atoms. The van der Waals surface area contributed by atoms with Crippen LogP contribution in [0.4, 0.5) is 0 Å². The fourth-order valence-electron chi connectivity index (χ4n) is 5.87. The van der Waals surface area contributed by atoms with Gasteiger partial charge in [0.2, 0.25) is 11.8 Å². The van der Waals surface area contributed by atoms with E-state index in [1.165, 1.54) is 21.7 Å². The average molecular weight is 601 g/mol. The Morgan fingerprint density at radius 1 is 0.571 bits per heavy atom. The molecule has 0 saturated carbocycles. The monoisotopic (exact) mass is 600 g/mol. The molecule has 0 unspecified atom stereocenters. The lowest BCUT2D eigenvalue weighted by Gasteiger charge is -2.34. The van der Waals surface area contributed by atoms with E-state index in [4.69, 9.17) is 28.9 Å². The van der Waals surface area contributed by atoms with Crippen molar-refractivity contribution in [1.29, 1.82) is 0 Å². The Bertz CT molecular complexity index is 1510. The number of ether oxygens (including phenoxy) is 4. The quantitative estimate of drug-likeness (QED) is 0.216. The summed E-state index contributed by atoms with van der Waals surface area (Å²) >= 11 is 0. The Labute approximate surface area is 251 Å². The topological polar surface area (TPSA) is 62.7 Å². The highest BCUT2D eigenvalue weighted by Gasteiger charge is 2.48. The van der Waals surface area contributed by atoms with Crippen molar-refractivity contribution in [3.63, 3.8) is 0 Å². The van der Waals surface area contributed by atoms with Crippen LogP contribution in [0.15, 0.2) is 72.8 Å². The second-order valence-corrected chi connectivity index (χ2v) is 18.5. The van der Waals surface area contributed by atoms with Crippen molar-refractivity contribution < 1.29 is 18.9 Å². The number of rotatable bonds is 5. The molecule has 0 bridgehead atoms. The van der Waals surface area contributed by atoms with Crippen LogP contribution in [0.5, 0.6) is 23.3 Å². The fraction of sp³-hybridized carbons (Fsp3) is 0.353. The summed E-state index contributed by atoms with van der Waals surface area (Å²) in [6.07, 6.45) is 0. The number of fused-ring (bicyclic) bond motifs is 2. The van der Waals surface area contributed by atoms with Crippen molar-refractivity contribution >= 4 is 26.5 Å². The van der Waals surface area contributed by atoms with Gasteiger partial charge in [0, 0.05) is 22.7 Å². The molecule has 0 aliphatic carbocycles. The highest BCUT2D eigenvalue weighted by Crippen LogP contribution is 2.68. The Morgan fingerprint density at radius 2 is 0.952 bits per heavy atom. The Morgan fingerprint density at radius 3 is 1.31 bits per heavy atom. The maximum absolute atomic E-state index is 6.78. The number of nitrogens with zero attached hydrogens (tertiary/aromatic N) is 2. The maximum Gasteiger partial charge on any atom is 0.213 e. The van der Waals surface area contributed by atoms with E-state index in [9.17, 15) is 0 Å². The molecular weight excluding hydrogens is 562 g/mol. The normalized spacial score (nSPS) is 21.2. The number of hydrogen-bond acceptors (Lipinski definition) is 6. The summed E-state index contributed by atoms with van der Waals surface area (Å²) in [4.78, 5) is 9.63. The van der Waals surface area contributed by atoms with Crippen LogP contribution in [0, 0.1) is 0 Å². The predicted octanol–water partition coefficient (Wildman–Crippen LogP) is 8.15. The van der Waals surface area contributed by atoms with Crippen LogP contribution in [-0.4, -0.2) is 34.5 Å². The first-order chi connectivity index (χ1) is 20.0. The molecule has 8 heteroatoms. The van der Waals surface area contributed by atoms with E-state index in [0.29, 0.717) is 11.8 Å². The van der Waals surface area contributed by atoms with E-state index in [0.717, 1.165) is 22.9 Å². The largest absolute Gasteiger partial charge is 0.481 e. The summed E-state index contributed by atoms with van der Waals surface area (Å²) in [6, 6.07) is 24.8. The highest BCUT2D eigenvalue weighted by molar-refractivity contribution is 7.69. The molecule has 4 aromatic rings. The second-order valence-electron chi connectivity index (χ2n) is 12.5. The number of aromatic nitrogens is 2. The van der Waals surface area contributed by atoms with E-state index in [-0.39, 0.29) is 22.0 Å². The standard InChI is InChI=1S/C34H38N2O4P2/c1-33(2,3)41-29-21(13-9-17-25(29)39-31(41)23-15-11-19-27(35-23)37-7)22-14-10-18-26-30(22)42(34(4,5)6)32(40-26)24-16-12-20-28(36-24)38-8/h9-20,31-32H,1-8H3/t31-,32-,41-,42-/m1/s1. The summed E-state index contributed by atoms with van der Waals surface area (Å²) in [7, 11) is 1.67. The van der Waals surface area contributed by atoms with Crippen LogP contribution in [0.1, 0.15) is 64.6 Å². The number of methoxy groups -OCH3 is 2. The molecule has 2 aliphatic heterocycles. The van der Waals surface area contributed by atoms with Gasteiger partial charge in [-0.05, 0) is 61.5 Å². The molecule has 2 aromatic heterocycles. The van der Waals surface area contributed by atoms with Crippen molar-refractivity contribution in [2.24, 2.45) is 0 Å². The molecule has 6 nitrogen and oxygen atoms in total. The van der Waals surface area contributed by atoms with Crippen molar-refractivity contribution in [2.75, 3.05) is 14.2 Å². The minimum atomic E-state index is -0.817. The van der Waals surface area contributed by atoms with Gasteiger partial charge in [0.25, 0.3) is 0 Å². The van der Waals surface area contributed by atoms with Gasteiger partial charge in [0.1, 0.15) is 11.5 Å². The van der Waals surface area contributed by atoms with Crippen LogP contribution in [-0.2, 0) is 0 Å². The minimum Gasteiger partial charge on any atom is -0.481 e. The number of hydrogen-bond donors (Lipinski definition) is 0. The zero-order valence-corrected chi connectivity index (χ0v) is 27.3. The van der Waals surface area contributed by atoms with Gasteiger partial charge in [0.05, 0.1) is 25.6 Å². The lowest BCUT2D eigenvalue weighted by molar-refractivity contribution is 0.291. The number of pyridine rings is 2. The Kier molecular flexibility index (Phi) is 7.44. The molecule has 2 aliphatic rings. The summed E-state index contributed by atoms with van der Waals surface area (Å²) in [5, 5.41) is 2.50. The van der Waals surface area contributed by atoms with Crippen LogP contribution in [0.2, 0.25) is 0 Å². The zero-order chi connectivity index (χ0) is 29.8. The molecule has 0 N–H and O–H groups in total. The van der Waals surface area contributed by atoms with Crippen LogP contribution in [0.25, 0.3) is 11.1 Å². The van der Waals surface area contributed by atoms with Gasteiger partial charge in [-0.15, -0.1) is 0 Å². The fourth-order valence-corrected chi connectivity index (χ4v) is 12.0. The Balaban J connectivity index is 1.52. The van der Waals surface area contributed by atoms with Crippen molar-refractivity contribution in [3.05, 3.63) is 84.2 Å². The highest BCUT2D eigenvalue weighted by atomic mass is 31.1. The summed E-state index contributed by atoms with van der Waals surface area (Å²) < 4.78 is 24.5. The first-order valence-electron chi connectivity index (χ1n) is 14.2. The average Bonchev–Trinajstić information content (AvgIpc) is 3.57. The van der Waals surface area contributed by atoms with Crippen molar-refractivity contribution in [2.45, 2.75) is 63.5 Å². The van der Waals surface area contributed by atoms with E-state index in [1.807, 2.05) is 24.3 Å². The molecule has 0 amide bonds. The summed E-state index contributed by atoms with van der Waals surface area (Å²) in [5.41, 5.74) is 4.24. The van der Waals surface area contributed by atoms with Gasteiger partial charge in [-0.1, -0.05) is 77.9 Å². The molecule has 4 atom stereocenters. The first-order valence-corrected chi connectivity index (χ1v) is 17.0. The molecule has 218 valence electrons. The summed E-state index contributed by atoms with van der Waals surface area (Å²) in [5.74, 6) is 2.73. The minimum absolute atomic E-state index is 0.0393. The Hall–Kier alpha value is -3.20. The molecule has 42 heavy (non-hydrogen) atoms. The van der Waals surface area contributed by atoms with Crippen LogP contribution >= 0.6 is 15.8 Å². The van der Waals surface area contributed by atoms with Crippen LogP contribution < -0.4 is 29.6 Å². The number of benzene rings is 2. The van der Waals surface area contributed by atoms with Gasteiger partial charge < -0.3 is 18.9 Å². The third-order valence-electron chi connectivity index (χ3n) is 7.58. The van der Waals surface area contributed by atoms with Gasteiger partial charge in [-0.3, -0.25) is 0 Å². The van der Waals surface area contributed by atoms with E-state index < -0.39 is 15.8 Å². The molecular formula is C34H38N2O4P2. The maximum atomic E-state index is 6.78. The molecule has 0 fully saturated rings. The molecule has 2 aromatic carbocycles. The van der Waals surface area contributed by atoms with Crippen molar-refractivity contribution in [1.82, 2.24) is 9.97 Å². The van der Waals surface area contributed by atoms with E-state index >= 15 is 0 Å². The molecule has 4 heterocycles. The molecule has 0 radical (unpaired) electrons. The van der Waals surface area contributed by atoms with Gasteiger partial charge in [-0.2, -0.15) is 0 Å². The van der Waals surface area contributed by atoms with Gasteiger partial charge >= 0.3 is 0 Å². The molecule has 0 saturated heterocycles. The van der Waals surface area contributed by atoms with Crippen LogP contribution in [0.3, 0.4) is 0 Å². The van der Waals surface area contributed by atoms with Gasteiger partial charge in [-0.25, -0.2) is 9.97 Å². The predicted molar refractivity (Wildman–Crippen MR) is 173 cm³/mol. The van der Waals surface area contributed by atoms with E-state index in [1.54, 1.807) is 14.2 Å². The third-order valence-corrected chi connectivity index (χ3v) is 14.0. The zero-order valence-electron chi connectivity index (χ0n) is 25.5. The van der Waals surface area contributed by atoms with Crippen molar-refractivity contribution in [3.8, 4) is 34.4 Å². The smallest absolute Gasteiger partial charge is 0.213 e.